The zero-order valence-electron chi connectivity index (χ0n) is 12.8. The number of nitrogens with two attached hydrogens (primary N) is 1. The number of para-hydroxylation sites is 1. The topological polar surface area (TPSA) is 85.3 Å². The molecule has 0 saturated heterocycles. The van der Waals surface area contributed by atoms with Crippen LogP contribution in [0.5, 0.6) is 0 Å². The summed E-state index contributed by atoms with van der Waals surface area (Å²) in [5.74, 6) is -0.689. The van der Waals surface area contributed by atoms with Crippen molar-refractivity contribution in [3.63, 3.8) is 0 Å². The highest BCUT2D eigenvalue weighted by molar-refractivity contribution is 6.43. The lowest BCUT2D eigenvalue weighted by atomic mass is 10.1. The van der Waals surface area contributed by atoms with E-state index in [4.69, 9.17) is 33.4 Å². The molecule has 1 heterocycles. The van der Waals surface area contributed by atoms with E-state index in [0.717, 1.165) is 0 Å². The number of furan rings is 1. The van der Waals surface area contributed by atoms with Gasteiger partial charge in [0.15, 0.2) is 5.76 Å². The summed E-state index contributed by atoms with van der Waals surface area (Å²) in [7, 11) is 0. The number of primary amides is 1. The molecule has 25 heavy (non-hydrogen) atoms. The molecule has 5 nitrogen and oxygen atoms in total. The molecule has 0 fully saturated rings. The van der Waals surface area contributed by atoms with E-state index in [1.165, 1.54) is 12.1 Å². The van der Waals surface area contributed by atoms with E-state index in [2.05, 4.69) is 5.32 Å². The Labute approximate surface area is 153 Å². The lowest BCUT2D eigenvalue weighted by Crippen LogP contribution is -2.17. The first-order chi connectivity index (χ1) is 12.0. The average molecular weight is 375 g/mol. The van der Waals surface area contributed by atoms with Crippen molar-refractivity contribution in [2.45, 2.75) is 0 Å². The highest BCUT2D eigenvalue weighted by atomic mass is 35.5. The Morgan fingerprint density at radius 2 is 1.72 bits per heavy atom. The van der Waals surface area contributed by atoms with E-state index in [1.807, 2.05) is 0 Å². The lowest BCUT2D eigenvalue weighted by molar-refractivity contribution is 0.0997. The predicted octanol–water partition coefficient (Wildman–Crippen LogP) is 4.60. The first kappa shape index (κ1) is 17.1. The fraction of sp³-hybridized carbons (Fsp3) is 0. The predicted molar refractivity (Wildman–Crippen MR) is 97.1 cm³/mol. The summed E-state index contributed by atoms with van der Waals surface area (Å²) in [6, 6.07) is 14.7. The Balaban J connectivity index is 1.87. The van der Waals surface area contributed by atoms with Gasteiger partial charge in [-0.15, -0.1) is 0 Å². The third kappa shape index (κ3) is 3.52. The van der Waals surface area contributed by atoms with Crippen molar-refractivity contribution in [3.8, 4) is 11.3 Å². The van der Waals surface area contributed by atoms with Crippen LogP contribution in [0.2, 0.25) is 10.0 Å². The van der Waals surface area contributed by atoms with Crippen LogP contribution in [-0.4, -0.2) is 11.8 Å². The maximum absolute atomic E-state index is 12.4. The number of carbonyl (C=O) groups excluding carboxylic acids is 2. The van der Waals surface area contributed by atoms with Crippen molar-refractivity contribution < 1.29 is 14.0 Å². The van der Waals surface area contributed by atoms with Crippen LogP contribution in [0.25, 0.3) is 11.3 Å². The second-order valence-corrected chi connectivity index (χ2v) is 5.91. The Morgan fingerprint density at radius 1 is 0.960 bits per heavy atom. The van der Waals surface area contributed by atoms with Gasteiger partial charge >= 0.3 is 0 Å². The largest absolute Gasteiger partial charge is 0.451 e. The van der Waals surface area contributed by atoms with Gasteiger partial charge in [0.1, 0.15) is 5.76 Å². The summed E-state index contributed by atoms with van der Waals surface area (Å²) in [6.07, 6.45) is 0. The van der Waals surface area contributed by atoms with Gasteiger partial charge < -0.3 is 15.5 Å². The number of hydrogen-bond donors (Lipinski definition) is 2. The van der Waals surface area contributed by atoms with Crippen molar-refractivity contribution in [2.75, 3.05) is 5.32 Å². The van der Waals surface area contributed by atoms with Gasteiger partial charge in [0, 0.05) is 5.56 Å². The number of rotatable bonds is 4. The summed E-state index contributed by atoms with van der Waals surface area (Å²) in [6.45, 7) is 0. The standard InChI is InChI=1S/C18H12Cl2N2O3/c19-12-6-3-5-11(16(12)20)14-8-9-15(25-14)18(24)22-13-7-2-1-4-10(13)17(21)23/h1-9H,(H2,21,23)(H,22,24). The van der Waals surface area contributed by atoms with Gasteiger partial charge in [0.05, 0.1) is 21.3 Å². The molecule has 0 radical (unpaired) electrons. The van der Waals surface area contributed by atoms with Crippen molar-refractivity contribution in [3.05, 3.63) is 76.0 Å². The number of nitrogens with one attached hydrogen (secondary N) is 1. The first-order valence-electron chi connectivity index (χ1n) is 7.22. The number of hydrogen-bond acceptors (Lipinski definition) is 3. The second-order valence-electron chi connectivity index (χ2n) is 5.13. The molecule has 0 saturated carbocycles. The molecule has 2 aromatic carbocycles. The average Bonchev–Trinajstić information content (AvgIpc) is 3.07. The Bertz CT molecular complexity index is 966. The monoisotopic (exact) mass is 374 g/mol. The van der Waals surface area contributed by atoms with E-state index in [1.54, 1.807) is 42.5 Å². The number of benzene rings is 2. The van der Waals surface area contributed by atoms with E-state index >= 15 is 0 Å². The van der Waals surface area contributed by atoms with Gasteiger partial charge in [-0.2, -0.15) is 0 Å². The van der Waals surface area contributed by atoms with Crippen LogP contribution in [0.1, 0.15) is 20.9 Å². The van der Waals surface area contributed by atoms with Gasteiger partial charge in [-0.05, 0) is 36.4 Å². The molecule has 0 atom stereocenters. The second kappa shape index (κ2) is 7.01. The molecule has 3 rings (SSSR count). The van der Waals surface area contributed by atoms with Crippen LogP contribution in [0, 0.1) is 0 Å². The molecule has 0 aliphatic rings. The minimum absolute atomic E-state index is 0.0605. The van der Waals surface area contributed by atoms with Crippen LogP contribution < -0.4 is 11.1 Å². The minimum Gasteiger partial charge on any atom is -0.451 e. The molecule has 0 aliphatic carbocycles. The molecule has 126 valence electrons. The molecule has 3 aromatic rings. The molecule has 0 spiro atoms. The van der Waals surface area contributed by atoms with Crippen molar-refractivity contribution in [1.29, 1.82) is 0 Å². The molecule has 0 bridgehead atoms. The Morgan fingerprint density at radius 3 is 2.48 bits per heavy atom. The van der Waals surface area contributed by atoms with Crippen molar-refractivity contribution >= 4 is 40.7 Å². The first-order valence-corrected chi connectivity index (χ1v) is 7.97. The van der Waals surface area contributed by atoms with Crippen LogP contribution in [-0.2, 0) is 0 Å². The van der Waals surface area contributed by atoms with Crippen LogP contribution in [0.4, 0.5) is 5.69 Å². The number of anilines is 1. The Kier molecular flexibility index (Phi) is 4.79. The number of amides is 2. The SMILES string of the molecule is NC(=O)c1ccccc1NC(=O)c1ccc(-c2cccc(Cl)c2Cl)o1. The summed E-state index contributed by atoms with van der Waals surface area (Å²) >= 11 is 12.1. The maximum Gasteiger partial charge on any atom is 0.291 e. The van der Waals surface area contributed by atoms with Crippen LogP contribution in [0.15, 0.2) is 59.0 Å². The van der Waals surface area contributed by atoms with Crippen LogP contribution >= 0.6 is 23.2 Å². The highest BCUT2D eigenvalue weighted by Crippen LogP contribution is 2.34. The Hall–Kier alpha value is -2.76. The van der Waals surface area contributed by atoms with Crippen molar-refractivity contribution in [2.24, 2.45) is 5.73 Å². The maximum atomic E-state index is 12.4. The zero-order chi connectivity index (χ0) is 18.0. The van der Waals surface area contributed by atoms with Gasteiger partial charge in [-0.3, -0.25) is 9.59 Å². The smallest absolute Gasteiger partial charge is 0.291 e. The summed E-state index contributed by atoms with van der Waals surface area (Å²) in [5.41, 5.74) is 6.39. The van der Waals surface area contributed by atoms with E-state index in [-0.39, 0.29) is 11.3 Å². The molecule has 1 aromatic heterocycles. The summed E-state index contributed by atoms with van der Waals surface area (Å²) < 4.78 is 5.57. The zero-order valence-corrected chi connectivity index (χ0v) is 14.3. The van der Waals surface area contributed by atoms with Gasteiger partial charge in [-0.1, -0.05) is 41.4 Å². The minimum atomic E-state index is -0.637. The molecule has 0 aliphatic heterocycles. The molecular weight excluding hydrogens is 363 g/mol. The highest BCUT2D eigenvalue weighted by Gasteiger charge is 2.17. The fourth-order valence-corrected chi connectivity index (χ4v) is 2.68. The third-order valence-electron chi connectivity index (χ3n) is 3.49. The van der Waals surface area contributed by atoms with Gasteiger partial charge in [-0.25, -0.2) is 0 Å². The molecular formula is C18H12Cl2N2O3. The van der Waals surface area contributed by atoms with Gasteiger partial charge in [0.25, 0.3) is 11.8 Å². The normalized spacial score (nSPS) is 10.5. The number of halogens is 2. The molecule has 7 heteroatoms. The van der Waals surface area contributed by atoms with Crippen LogP contribution in [0.3, 0.4) is 0 Å². The molecule has 2 amide bonds. The van der Waals surface area contributed by atoms with E-state index < -0.39 is 11.8 Å². The van der Waals surface area contributed by atoms with E-state index in [9.17, 15) is 9.59 Å². The summed E-state index contributed by atoms with van der Waals surface area (Å²) in [4.78, 5) is 23.8. The number of carbonyl (C=O) groups is 2. The van der Waals surface area contributed by atoms with Gasteiger partial charge in [0.2, 0.25) is 0 Å². The van der Waals surface area contributed by atoms with Crippen molar-refractivity contribution in [1.82, 2.24) is 0 Å². The lowest BCUT2D eigenvalue weighted by Gasteiger charge is -2.07. The fourth-order valence-electron chi connectivity index (χ4n) is 2.29. The molecule has 0 unspecified atom stereocenters. The third-order valence-corrected chi connectivity index (χ3v) is 4.31. The molecule has 3 N–H and O–H groups in total. The van der Waals surface area contributed by atoms with E-state index in [0.29, 0.717) is 27.1 Å². The quantitative estimate of drug-likeness (QED) is 0.699. The summed E-state index contributed by atoms with van der Waals surface area (Å²) in [5, 5.41) is 3.33.